The average molecular weight is 742 g/mol. The molecule has 0 fully saturated rings. The van der Waals surface area contributed by atoms with E-state index < -0.39 is 35.1 Å². The highest BCUT2D eigenvalue weighted by Gasteiger charge is 2.18. The number of rotatable bonds is 4. The van der Waals surface area contributed by atoms with Crippen molar-refractivity contribution >= 4 is 88.4 Å². The Morgan fingerprint density at radius 1 is 0.812 bits per heavy atom. The molecule has 1 amide bonds. The number of thiazole rings is 2. The lowest BCUT2D eigenvalue weighted by molar-refractivity contribution is 0.0693. The third kappa shape index (κ3) is 8.41. The summed E-state index contributed by atoms with van der Waals surface area (Å²) in [6, 6.07) is 9.72. The molecular formula is C31H22Cl2F4N4O5S2. The van der Waals surface area contributed by atoms with Crippen LogP contribution in [0.25, 0.3) is 20.4 Å². The lowest BCUT2D eigenvalue weighted by Crippen LogP contribution is -2.12. The highest BCUT2D eigenvalue weighted by molar-refractivity contribution is 7.22. The van der Waals surface area contributed by atoms with Crippen molar-refractivity contribution in [2.75, 3.05) is 18.2 Å². The van der Waals surface area contributed by atoms with Crippen LogP contribution in [0.15, 0.2) is 48.5 Å². The van der Waals surface area contributed by atoms with E-state index in [0.717, 1.165) is 40.9 Å². The number of hydrogen-bond acceptors (Lipinski definition) is 9. The number of carbonyl (C=O) groups is 2. The Labute approximate surface area is 287 Å². The number of methoxy groups -OCH3 is 1. The molecule has 0 saturated carbocycles. The Bertz CT molecular complexity index is 2200. The van der Waals surface area contributed by atoms with Gasteiger partial charge >= 0.3 is 5.97 Å². The van der Waals surface area contributed by atoms with Crippen molar-refractivity contribution in [3.8, 4) is 11.5 Å². The Balaban J connectivity index is 0.000000177. The molecule has 0 saturated heterocycles. The summed E-state index contributed by atoms with van der Waals surface area (Å²) in [5.41, 5.74) is 6.66. The van der Waals surface area contributed by atoms with E-state index in [1.807, 2.05) is 0 Å². The summed E-state index contributed by atoms with van der Waals surface area (Å²) in [5, 5.41) is 22.2. The minimum Gasteiger partial charge on any atom is -0.507 e. The van der Waals surface area contributed by atoms with E-state index >= 15 is 0 Å². The Kier molecular flexibility index (Phi) is 11.3. The number of nitrogens with zero attached hydrogens (tertiary/aromatic N) is 2. The first kappa shape index (κ1) is 36.1. The third-order valence-corrected chi connectivity index (χ3v) is 8.43. The van der Waals surface area contributed by atoms with Gasteiger partial charge in [0.15, 0.2) is 21.9 Å². The number of aromatic carboxylic acids is 1. The number of amides is 1. The number of fused-ring (bicyclic) bond motifs is 2. The molecule has 0 bridgehead atoms. The number of phenolic OH excluding ortho intramolecular Hbond substituents is 1. The smallest absolute Gasteiger partial charge is 0.339 e. The second-order valence-corrected chi connectivity index (χ2v) is 12.7. The summed E-state index contributed by atoms with van der Waals surface area (Å²) in [7, 11) is 1.43. The highest BCUT2D eigenvalue weighted by atomic mass is 35.5. The predicted molar refractivity (Wildman–Crippen MR) is 179 cm³/mol. The van der Waals surface area contributed by atoms with Crippen LogP contribution in [-0.2, 0) is 0 Å². The number of nitrogen functional groups attached to an aromatic ring is 1. The van der Waals surface area contributed by atoms with Gasteiger partial charge in [-0.1, -0.05) is 45.9 Å². The summed E-state index contributed by atoms with van der Waals surface area (Å²) in [4.78, 5) is 30.6. The zero-order valence-electron chi connectivity index (χ0n) is 24.8. The SMILES string of the molecule is COc1c(C)cc(Cl)cc1C(=O)O.Cc1cc(Cl)cc(C(=O)Nc2nc3c(F)cc(F)cc3s2)c1O.Nc1nc2c(F)cc(F)cc2s1. The lowest BCUT2D eigenvalue weighted by Gasteiger charge is -2.08. The molecule has 0 aliphatic carbocycles. The molecule has 9 nitrogen and oxygen atoms in total. The molecule has 250 valence electrons. The van der Waals surface area contributed by atoms with E-state index in [1.54, 1.807) is 19.9 Å². The van der Waals surface area contributed by atoms with Crippen LogP contribution in [-0.4, -0.2) is 39.2 Å². The molecule has 17 heteroatoms. The van der Waals surface area contributed by atoms with Crippen molar-refractivity contribution in [2.24, 2.45) is 0 Å². The number of aromatic nitrogens is 2. The van der Waals surface area contributed by atoms with Gasteiger partial charge in [0.2, 0.25) is 0 Å². The number of nitrogens with two attached hydrogens (primary N) is 1. The quantitative estimate of drug-likeness (QED) is 0.131. The van der Waals surface area contributed by atoms with Crippen LogP contribution in [0, 0.1) is 37.1 Å². The van der Waals surface area contributed by atoms with E-state index in [9.17, 15) is 32.3 Å². The first-order valence-electron chi connectivity index (χ1n) is 13.2. The van der Waals surface area contributed by atoms with Gasteiger partial charge in [0.05, 0.1) is 22.1 Å². The van der Waals surface area contributed by atoms with Gasteiger partial charge < -0.3 is 20.7 Å². The first-order valence-corrected chi connectivity index (χ1v) is 15.6. The minimum absolute atomic E-state index is 0.0269. The summed E-state index contributed by atoms with van der Waals surface area (Å²) in [6.07, 6.45) is 0. The number of nitrogens with one attached hydrogen (secondary N) is 1. The van der Waals surface area contributed by atoms with Crippen molar-refractivity contribution in [2.45, 2.75) is 13.8 Å². The average Bonchev–Trinajstić information content (AvgIpc) is 3.57. The lowest BCUT2D eigenvalue weighted by atomic mass is 10.1. The topological polar surface area (TPSA) is 148 Å². The monoisotopic (exact) mass is 740 g/mol. The van der Waals surface area contributed by atoms with Gasteiger partial charge in [0, 0.05) is 22.2 Å². The summed E-state index contributed by atoms with van der Waals surface area (Å²) >= 11 is 13.6. The van der Waals surface area contributed by atoms with Gasteiger partial charge in [-0.3, -0.25) is 10.1 Å². The molecule has 5 N–H and O–H groups in total. The normalized spacial score (nSPS) is 10.6. The Morgan fingerprint density at radius 2 is 1.33 bits per heavy atom. The molecule has 0 aliphatic heterocycles. The number of carboxylic acid groups (broad SMARTS) is 1. The van der Waals surface area contributed by atoms with E-state index in [4.69, 9.17) is 38.8 Å². The standard InChI is InChI=1S/C15H9ClF2N2O2S.C9H9ClO3.C7H4F2N2S/c1-6-2-7(16)3-9(13(6)21)14(22)20-15-19-12-10(18)4-8(17)5-11(12)23-15;1-5-3-6(10)4-7(9(11)12)8(5)13-2;8-3-1-4(9)6-5(2-3)12-7(10)11-6/h2-5,21H,1H3,(H,19,20,22);3-4H,1-2H3,(H,11,12);1-2H,(H2,10,11). The second-order valence-electron chi connectivity index (χ2n) is 9.72. The van der Waals surface area contributed by atoms with Crippen molar-refractivity contribution in [1.29, 1.82) is 0 Å². The van der Waals surface area contributed by atoms with Crippen molar-refractivity contribution < 1.29 is 42.1 Å². The van der Waals surface area contributed by atoms with Crippen molar-refractivity contribution in [3.05, 3.63) is 104 Å². The van der Waals surface area contributed by atoms with E-state index in [0.29, 0.717) is 31.6 Å². The number of anilines is 2. The third-order valence-electron chi connectivity index (χ3n) is 6.25. The fourth-order valence-electron chi connectivity index (χ4n) is 4.22. The molecular weight excluding hydrogens is 719 g/mol. The van der Waals surface area contributed by atoms with Gasteiger partial charge in [-0.25, -0.2) is 32.3 Å². The fourth-order valence-corrected chi connectivity index (χ4v) is 6.44. The van der Waals surface area contributed by atoms with E-state index in [1.165, 1.54) is 31.4 Å². The first-order chi connectivity index (χ1) is 22.6. The van der Waals surface area contributed by atoms with Crippen molar-refractivity contribution in [3.63, 3.8) is 0 Å². The zero-order chi connectivity index (χ0) is 35.4. The second kappa shape index (κ2) is 15.0. The number of halogens is 6. The molecule has 0 radical (unpaired) electrons. The van der Waals surface area contributed by atoms with E-state index in [2.05, 4.69) is 15.3 Å². The number of benzene rings is 4. The Morgan fingerprint density at radius 3 is 1.90 bits per heavy atom. The molecule has 0 unspecified atom stereocenters. The largest absolute Gasteiger partial charge is 0.507 e. The maximum absolute atomic E-state index is 13.6. The number of carboxylic acids is 1. The molecule has 2 aromatic heterocycles. The summed E-state index contributed by atoms with van der Waals surface area (Å²) in [6.45, 7) is 3.35. The molecule has 0 aliphatic rings. The molecule has 0 spiro atoms. The van der Waals surface area contributed by atoms with Crippen LogP contribution in [0.1, 0.15) is 31.8 Å². The van der Waals surface area contributed by atoms with Crippen LogP contribution in [0.5, 0.6) is 11.5 Å². The number of aromatic hydroxyl groups is 1. The van der Waals surface area contributed by atoms with Gasteiger partial charge in [-0.15, -0.1) is 0 Å². The van der Waals surface area contributed by atoms with Crippen LogP contribution in [0.4, 0.5) is 27.8 Å². The molecule has 0 atom stereocenters. The summed E-state index contributed by atoms with van der Waals surface area (Å²) < 4.78 is 58.0. The maximum Gasteiger partial charge on any atom is 0.339 e. The number of carbonyl (C=O) groups excluding carboxylic acids is 1. The van der Waals surface area contributed by atoms with Crippen molar-refractivity contribution in [1.82, 2.24) is 9.97 Å². The van der Waals surface area contributed by atoms with Gasteiger partial charge in [0.25, 0.3) is 5.91 Å². The molecule has 48 heavy (non-hydrogen) atoms. The molecule has 2 heterocycles. The van der Waals surface area contributed by atoms with Crippen LogP contribution in [0.2, 0.25) is 10.0 Å². The minimum atomic E-state index is -1.04. The van der Waals surface area contributed by atoms with Gasteiger partial charge in [-0.05, 0) is 61.4 Å². The van der Waals surface area contributed by atoms with Crippen LogP contribution >= 0.6 is 45.9 Å². The predicted octanol–water partition coefficient (Wildman–Crippen LogP) is 9.01. The summed E-state index contributed by atoms with van der Waals surface area (Å²) in [5.74, 6) is -4.34. The number of phenols is 1. The van der Waals surface area contributed by atoms with Crippen LogP contribution < -0.4 is 15.8 Å². The fraction of sp³-hybridized carbons (Fsp3) is 0.0968. The number of hydrogen-bond donors (Lipinski definition) is 4. The molecule has 6 rings (SSSR count). The van der Waals surface area contributed by atoms with Gasteiger partial charge in [-0.2, -0.15) is 0 Å². The maximum atomic E-state index is 13.6. The van der Waals surface area contributed by atoms with Gasteiger partial charge in [0.1, 0.15) is 39.7 Å². The van der Waals surface area contributed by atoms with Crippen LogP contribution in [0.3, 0.4) is 0 Å². The number of ether oxygens (including phenoxy) is 1. The highest BCUT2D eigenvalue weighted by Crippen LogP contribution is 2.32. The Hall–Kier alpha value is -4.70. The van der Waals surface area contributed by atoms with E-state index in [-0.39, 0.29) is 42.9 Å². The molecule has 4 aromatic carbocycles. The molecule has 6 aromatic rings. The zero-order valence-corrected chi connectivity index (χ0v) is 27.9. The number of aryl methyl sites for hydroxylation is 2.